The zero-order chi connectivity index (χ0) is 36.1. The van der Waals surface area contributed by atoms with Gasteiger partial charge in [0, 0.05) is 50.4 Å². The molecule has 52 heavy (non-hydrogen) atoms. The maximum Gasteiger partial charge on any atom is 0.410 e. The Balaban J connectivity index is 1.05. The second-order valence-electron chi connectivity index (χ2n) is 15.9. The number of carbonyl (C=O) groups excluding carboxylic acids is 3. The average molecular weight is 709 g/mol. The van der Waals surface area contributed by atoms with Crippen molar-refractivity contribution in [1.82, 2.24) is 29.2 Å². The average Bonchev–Trinajstić information content (AvgIpc) is 3.36. The summed E-state index contributed by atoms with van der Waals surface area (Å²) in [5, 5.41) is 3.06. The van der Waals surface area contributed by atoms with Crippen LogP contribution in [0.5, 0.6) is 5.75 Å². The first kappa shape index (κ1) is 34.1. The molecule has 12 heteroatoms. The summed E-state index contributed by atoms with van der Waals surface area (Å²) in [7, 11) is 1.63. The molecular weight excluding hydrogens is 660 g/mol. The van der Waals surface area contributed by atoms with Crippen LogP contribution in [0.15, 0.2) is 60.8 Å². The summed E-state index contributed by atoms with van der Waals surface area (Å²) in [6, 6.07) is 17.3. The van der Waals surface area contributed by atoms with E-state index in [1.807, 2.05) is 68.1 Å². The summed E-state index contributed by atoms with van der Waals surface area (Å²) in [5.41, 5.74) is 3.39. The fourth-order valence-corrected chi connectivity index (χ4v) is 8.20. The quantitative estimate of drug-likeness (QED) is 0.205. The van der Waals surface area contributed by atoms with Crippen LogP contribution in [-0.2, 0) is 29.2 Å². The number of imidazole rings is 1. The van der Waals surface area contributed by atoms with Crippen LogP contribution in [0.4, 0.5) is 9.59 Å². The van der Waals surface area contributed by atoms with E-state index in [9.17, 15) is 14.4 Å². The van der Waals surface area contributed by atoms with Gasteiger partial charge < -0.3 is 38.5 Å². The van der Waals surface area contributed by atoms with Gasteiger partial charge in [0.2, 0.25) is 0 Å². The van der Waals surface area contributed by atoms with E-state index in [0.717, 1.165) is 42.0 Å². The molecule has 4 fully saturated rings. The monoisotopic (exact) mass is 708 g/mol. The number of piperidine rings is 1. The van der Waals surface area contributed by atoms with Gasteiger partial charge in [-0.05, 0) is 88.1 Å². The normalized spacial score (nSPS) is 21.3. The number of ether oxygens (including phenoxy) is 3. The van der Waals surface area contributed by atoms with Gasteiger partial charge in [-0.15, -0.1) is 0 Å². The number of aromatic nitrogens is 3. The predicted octanol–water partition coefficient (Wildman–Crippen LogP) is 6.32. The van der Waals surface area contributed by atoms with Crippen molar-refractivity contribution in [2.75, 3.05) is 26.7 Å². The van der Waals surface area contributed by atoms with E-state index >= 15 is 0 Å². The molecule has 274 valence electrons. The lowest BCUT2D eigenvalue weighted by atomic mass is 10.0. The molecule has 0 radical (unpaired) electrons. The van der Waals surface area contributed by atoms with E-state index in [2.05, 4.69) is 32.8 Å². The van der Waals surface area contributed by atoms with Crippen LogP contribution >= 0.6 is 0 Å². The van der Waals surface area contributed by atoms with Gasteiger partial charge >= 0.3 is 12.2 Å². The van der Waals surface area contributed by atoms with E-state index in [1.165, 1.54) is 12.8 Å². The van der Waals surface area contributed by atoms with Crippen molar-refractivity contribution < 1.29 is 28.6 Å². The molecule has 12 nitrogen and oxygen atoms in total. The van der Waals surface area contributed by atoms with Crippen LogP contribution in [0, 0.1) is 17.8 Å². The van der Waals surface area contributed by atoms with E-state index < -0.39 is 11.7 Å². The number of alkyl carbamates (subject to hydrolysis) is 1. The molecule has 2 bridgehead atoms. The Morgan fingerprint density at radius 1 is 0.923 bits per heavy atom. The highest BCUT2D eigenvalue weighted by atomic mass is 16.6. The van der Waals surface area contributed by atoms with Crippen LogP contribution in [0.3, 0.4) is 0 Å². The number of fused-ring (bicyclic) bond motifs is 3. The molecule has 3 amide bonds. The molecule has 2 saturated carbocycles. The van der Waals surface area contributed by atoms with Crippen LogP contribution in [0.25, 0.3) is 22.6 Å². The third-order valence-corrected chi connectivity index (χ3v) is 10.9. The minimum Gasteiger partial charge on any atom is -0.494 e. The number of amides is 3. The molecular formula is C40H48N6O6. The molecule has 4 aliphatic rings. The van der Waals surface area contributed by atoms with Gasteiger partial charge in [0.15, 0.2) is 5.82 Å². The van der Waals surface area contributed by atoms with Crippen molar-refractivity contribution in [3.63, 3.8) is 0 Å². The fraction of sp³-hybridized carbons (Fsp3) is 0.500. The zero-order valence-electron chi connectivity index (χ0n) is 30.4. The number of benzene rings is 2. The van der Waals surface area contributed by atoms with Crippen molar-refractivity contribution in [2.24, 2.45) is 17.8 Å². The molecule has 2 saturated heterocycles. The van der Waals surface area contributed by atoms with Gasteiger partial charge in [-0.1, -0.05) is 30.3 Å². The maximum atomic E-state index is 14.2. The zero-order valence-corrected chi connectivity index (χ0v) is 30.4. The van der Waals surface area contributed by atoms with Gasteiger partial charge in [-0.2, -0.15) is 0 Å². The molecule has 2 aromatic heterocycles. The fourth-order valence-electron chi connectivity index (χ4n) is 8.20. The first-order valence-electron chi connectivity index (χ1n) is 18.5. The first-order chi connectivity index (χ1) is 25.0. The van der Waals surface area contributed by atoms with Gasteiger partial charge in [-0.3, -0.25) is 4.79 Å². The highest BCUT2D eigenvalue weighted by Gasteiger charge is 2.50. The van der Waals surface area contributed by atoms with Crippen molar-refractivity contribution in [1.29, 1.82) is 0 Å². The molecule has 4 heterocycles. The molecule has 2 unspecified atom stereocenters. The Bertz CT molecular complexity index is 1970. The molecule has 3 atom stereocenters. The second-order valence-corrected chi connectivity index (χ2v) is 15.9. The molecule has 0 spiro atoms. The molecule has 8 rings (SSSR count). The smallest absolute Gasteiger partial charge is 0.410 e. The highest BCUT2D eigenvalue weighted by molar-refractivity contribution is 6.00. The van der Waals surface area contributed by atoms with Gasteiger partial charge in [0.25, 0.3) is 5.91 Å². The minimum atomic E-state index is -0.600. The van der Waals surface area contributed by atoms with E-state index in [1.54, 1.807) is 12.0 Å². The highest BCUT2D eigenvalue weighted by Crippen LogP contribution is 2.41. The van der Waals surface area contributed by atoms with Crippen molar-refractivity contribution in [3.05, 3.63) is 71.9 Å². The van der Waals surface area contributed by atoms with Crippen LogP contribution in [0.2, 0.25) is 0 Å². The summed E-state index contributed by atoms with van der Waals surface area (Å²) < 4.78 is 21.6. The van der Waals surface area contributed by atoms with Gasteiger partial charge in [0.1, 0.15) is 23.5 Å². The van der Waals surface area contributed by atoms with Crippen LogP contribution in [-0.4, -0.2) is 86.4 Å². The Labute approximate surface area is 304 Å². The third-order valence-electron chi connectivity index (χ3n) is 10.9. The van der Waals surface area contributed by atoms with Gasteiger partial charge in [-0.25, -0.2) is 14.6 Å². The Morgan fingerprint density at radius 3 is 2.44 bits per heavy atom. The van der Waals surface area contributed by atoms with Crippen LogP contribution < -0.4 is 10.1 Å². The molecule has 1 N–H and O–H groups in total. The molecule has 4 aromatic rings. The number of hydrogen-bond donors (Lipinski definition) is 1. The molecule has 2 aliphatic carbocycles. The number of nitrogens with one attached hydrogen (secondary N) is 1. The third kappa shape index (κ3) is 6.82. The van der Waals surface area contributed by atoms with Crippen LogP contribution in [0.1, 0.15) is 62.4 Å². The lowest BCUT2D eigenvalue weighted by Gasteiger charge is -2.38. The summed E-state index contributed by atoms with van der Waals surface area (Å²) in [5.74, 6) is 2.33. The van der Waals surface area contributed by atoms with Crippen molar-refractivity contribution in [2.45, 2.75) is 83.8 Å². The van der Waals surface area contributed by atoms with Crippen molar-refractivity contribution >= 4 is 29.1 Å². The first-order valence-corrected chi connectivity index (χ1v) is 18.5. The van der Waals surface area contributed by atoms with Gasteiger partial charge in [0.05, 0.1) is 30.4 Å². The lowest BCUT2D eigenvalue weighted by Crippen LogP contribution is -2.51. The number of carbonyl (C=O) groups is 3. The van der Waals surface area contributed by atoms with E-state index in [4.69, 9.17) is 19.2 Å². The summed E-state index contributed by atoms with van der Waals surface area (Å²) in [4.78, 5) is 48.6. The molecule has 2 aromatic carbocycles. The van der Waals surface area contributed by atoms with E-state index in [-0.39, 0.29) is 42.5 Å². The maximum absolute atomic E-state index is 14.2. The summed E-state index contributed by atoms with van der Waals surface area (Å²) in [6.45, 7) is 9.06. The second kappa shape index (κ2) is 13.5. The van der Waals surface area contributed by atoms with E-state index in [0.29, 0.717) is 48.9 Å². The SMILES string of the molecule is COc1cc(C(=O)N2CC3CCC2[C@@H]3NC(=O)OC(C)(C)C)cc2nc(-c3cccn3CC3CC3)n(CC3CN(C(=O)OCc4ccccc4)C3)c12. The number of hydrogen-bond acceptors (Lipinski definition) is 7. The van der Waals surface area contributed by atoms with Crippen molar-refractivity contribution in [3.8, 4) is 17.3 Å². The minimum absolute atomic E-state index is 0.0970. The summed E-state index contributed by atoms with van der Waals surface area (Å²) in [6.07, 6.45) is 5.60. The number of rotatable bonds is 10. The summed E-state index contributed by atoms with van der Waals surface area (Å²) >= 11 is 0. The predicted molar refractivity (Wildman–Crippen MR) is 195 cm³/mol. The Kier molecular flexibility index (Phi) is 8.87. The lowest BCUT2D eigenvalue weighted by molar-refractivity contribution is 0.0450. The Morgan fingerprint density at radius 2 is 1.71 bits per heavy atom. The molecule has 2 aliphatic heterocycles. The number of methoxy groups -OCH3 is 1. The standard InChI is InChI=1S/C40H48N6O6/c1-40(2,3)52-38(48)42-34-28-14-15-31(34)45(23-28)37(47)29-17-30-35(33(18-29)50-4)46(36(41-30)32-11-8-16-43(32)19-25-12-13-25)22-27-20-44(21-27)39(49)51-24-26-9-6-5-7-10-26/h5-11,16-18,25,27-28,31,34H,12-15,19-24H2,1-4H3,(H,42,48)/t28?,31?,34-/m1/s1. The largest absolute Gasteiger partial charge is 0.494 e. The number of likely N-dealkylation sites (tertiary alicyclic amines) is 2. The topological polar surface area (TPSA) is 120 Å². The number of nitrogens with zero attached hydrogens (tertiary/aromatic N) is 5. The Hall–Kier alpha value is -5.00.